The van der Waals surface area contributed by atoms with Crippen LogP contribution in [-0.2, 0) is 0 Å². The fraction of sp³-hybridized carbons (Fsp3) is 0.400. The Kier molecular flexibility index (Phi) is 3.04. The summed E-state index contributed by atoms with van der Waals surface area (Å²) in [5.74, 6) is 1.37. The number of anilines is 1. The lowest BCUT2D eigenvalue weighted by atomic mass is 10.1. The van der Waals surface area contributed by atoms with Gasteiger partial charge in [-0.25, -0.2) is 4.98 Å². The van der Waals surface area contributed by atoms with Crippen LogP contribution >= 0.6 is 0 Å². The highest BCUT2D eigenvalue weighted by Gasteiger charge is 2.29. The number of aromatic amines is 1. The summed E-state index contributed by atoms with van der Waals surface area (Å²) in [4.78, 5) is 18.3. The van der Waals surface area contributed by atoms with Gasteiger partial charge in [-0.2, -0.15) is 0 Å². The first-order valence-corrected chi connectivity index (χ1v) is 6.84. The molecule has 0 saturated heterocycles. The Bertz CT molecular complexity index is 658. The molecule has 1 amide bonds. The molecule has 1 fully saturated rings. The topological polar surface area (TPSA) is 61.9 Å². The van der Waals surface area contributed by atoms with E-state index in [4.69, 9.17) is 0 Å². The van der Waals surface area contributed by atoms with Crippen molar-refractivity contribution in [1.82, 2.24) is 15.2 Å². The smallest absolute Gasteiger partial charge is 0.297 e. The molecule has 1 aromatic carbocycles. The van der Waals surface area contributed by atoms with E-state index in [0.717, 1.165) is 29.9 Å². The third-order valence-electron chi connectivity index (χ3n) is 3.68. The van der Waals surface area contributed by atoms with Crippen molar-refractivity contribution in [3.05, 3.63) is 41.0 Å². The number of hydrogen-bond donors (Lipinski definition) is 1. The fourth-order valence-electron chi connectivity index (χ4n) is 2.35. The Morgan fingerprint density at radius 3 is 2.75 bits per heavy atom. The molecule has 1 aromatic heterocycles. The summed E-state index contributed by atoms with van der Waals surface area (Å²) < 4.78 is 0. The normalized spacial score (nSPS) is 14.3. The molecule has 1 N–H and O–H groups in total. The number of hydrogen-bond acceptors (Lipinski definition) is 3. The first-order valence-electron chi connectivity index (χ1n) is 6.84. The monoisotopic (exact) mass is 270 g/mol. The Hall–Kier alpha value is -2.17. The number of rotatable bonds is 3. The molecule has 0 bridgehead atoms. The maximum Gasteiger partial charge on any atom is 0.297 e. The second-order valence-electron chi connectivity index (χ2n) is 5.47. The number of aromatic nitrogens is 3. The largest absolute Gasteiger partial charge is 0.308 e. The van der Waals surface area contributed by atoms with E-state index >= 15 is 0 Å². The zero-order valence-corrected chi connectivity index (χ0v) is 12.0. The van der Waals surface area contributed by atoms with Crippen LogP contribution in [0.3, 0.4) is 0 Å². The minimum atomic E-state index is -0.180. The van der Waals surface area contributed by atoms with E-state index in [2.05, 4.69) is 21.2 Å². The molecule has 20 heavy (non-hydrogen) atoms. The van der Waals surface area contributed by atoms with E-state index in [0.29, 0.717) is 5.92 Å². The summed E-state index contributed by atoms with van der Waals surface area (Å²) in [6.45, 7) is 4.04. The highest BCUT2D eigenvalue weighted by atomic mass is 16.2. The van der Waals surface area contributed by atoms with Crippen molar-refractivity contribution in [3.63, 3.8) is 0 Å². The average Bonchev–Trinajstić information content (AvgIpc) is 3.15. The predicted octanol–water partition coefficient (Wildman–Crippen LogP) is 2.58. The molecule has 1 saturated carbocycles. The van der Waals surface area contributed by atoms with Crippen LogP contribution in [0.15, 0.2) is 18.2 Å². The molecule has 2 aromatic rings. The lowest BCUT2D eigenvalue weighted by molar-refractivity contribution is 0.0983. The Balaban J connectivity index is 1.84. The number of benzene rings is 1. The van der Waals surface area contributed by atoms with Crippen molar-refractivity contribution in [2.24, 2.45) is 0 Å². The summed E-state index contributed by atoms with van der Waals surface area (Å²) >= 11 is 0. The van der Waals surface area contributed by atoms with E-state index in [1.807, 2.05) is 26.0 Å². The van der Waals surface area contributed by atoms with Crippen molar-refractivity contribution in [2.45, 2.75) is 32.6 Å². The lowest BCUT2D eigenvalue weighted by Crippen LogP contribution is -2.28. The number of aryl methyl sites for hydroxylation is 2. The molecule has 0 aliphatic heterocycles. The quantitative estimate of drug-likeness (QED) is 0.932. The second-order valence-corrected chi connectivity index (χ2v) is 5.47. The van der Waals surface area contributed by atoms with E-state index in [1.54, 1.807) is 11.9 Å². The molecule has 0 unspecified atom stereocenters. The van der Waals surface area contributed by atoms with Gasteiger partial charge in [0.05, 0.1) is 0 Å². The molecule has 0 atom stereocenters. The molecule has 0 radical (unpaired) electrons. The third kappa shape index (κ3) is 2.31. The van der Waals surface area contributed by atoms with Crippen LogP contribution < -0.4 is 4.90 Å². The van der Waals surface area contributed by atoms with Gasteiger partial charge < -0.3 is 4.90 Å². The van der Waals surface area contributed by atoms with Crippen LogP contribution in [0.25, 0.3) is 0 Å². The van der Waals surface area contributed by atoms with Crippen molar-refractivity contribution < 1.29 is 4.79 Å². The average molecular weight is 270 g/mol. The van der Waals surface area contributed by atoms with Crippen molar-refractivity contribution in [1.29, 1.82) is 0 Å². The zero-order chi connectivity index (χ0) is 14.3. The molecule has 0 spiro atoms. The first kappa shape index (κ1) is 12.8. The minimum absolute atomic E-state index is 0.180. The van der Waals surface area contributed by atoms with Crippen LogP contribution in [0.1, 0.15) is 46.3 Å². The van der Waals surface area contributed by atoms with Crippen LogP contribution in [0.2, 0.25) is 0 Å². The van der Waals surface area contributed by atoms with Crippen LogP contribution in [-0.4, -0.2) is 28.1 Å². The summed E-state index contributed by atoms with van der Waals surface area (Å²) in [6.07, 6.45) is 2.27. The molecular weight excluding hydrogens is 252 g/mol. The molecule has 1 aliphatic rings. The Morgan fingerprint density at radius 1 is 1.35 bits per heavy atom. The maximum absolute atomic E-state index is 12.4. The third-order valence-corrected chi connectivity index (χ3v) is 3.68. The number of carbonyl (C=O) groups excluding carboxylic acids is 1. The molecular formula is C15H18N4O. The van der Waals surface area contributed by atoms with Gasteiger partial charge in [0, 0.05) is 18.7 Å². The summed E-state index contributed by atoms with van der Waals surface area (Å²) in [7, 11) is 1.76. The number of H-pyrrole nitrogens is 1. The van der Waals surface area contributed by atoms with Gasteiger partial charge >= 0.3 is 0 Å². The minimum Gasteiger partial charge on any atom is -0.308 e. The van der Waals surface area contributed by atoms with Gasteiger partial charge in [0.1, 0.15) is 5.82 Å². The zero-order valence-electron chi connectivity index (χ0n) is 12.0. The fourth-order valence-corrected chi connectivity index (χ4v) is 2.35. The molecule has 5 heteroatoms. The van der Waals surface area contributed by atoms with Gasteiger partial charge in [0.2, 0.25) is 5.82 Å². The Labute approximate surface area is 118 Å². The highest BCUT2D eigenvalue weighted by Crippen LogP contribution is 2.37. The molecule has 104 valence electrons. The van der Waals surface area contributed by atoms with Crippen LogP contribution in [0.4, 0.5) is 5.69 Å². The van der Waals surface area contributed by atoms with Crippen molar-refractivity contribution in [3.8, 4) is 0 Å². The van der Waals surface area contributed by atoms with Crippen molar-refractivity contribution in [2.75, 3.05) is 11.9 Å². The predicted molar refractivity (Wildman–Crippen MR) is 77.0 cm³/mol. The van der Waals surface area contributed by atoms with Crippen LogP contribution in [0.5, 0.6) is 0 Å². The van der Waals surface area contributed by atoms with Gasteiger partial charge in [-0.1, -0.05) is 17.7 Å². The van der Waals surface area contributed by atoms with Gasteiger partial charge in [0.15, 0.2) is 0 Å². The number of amides is 1. The highest BCUT2D eigenvalue weighted by molar-refractivity contribution is 6.03. The number of carbonyl (C=O) groups is 1. The van der Waals surface area contributed by atoms with E-state index < -0.39 is 0 Å². The molecule has 3 rings (SSSR count). The van der Waals surface area contributed by atoms with E-state index in [9.17, 15) is 4.79 Å². The van der Waals surface area contributed by atoms with Gasteiger partial charge in [-0.3, -0.25) is 9.89 Å². The second kappa shape index (κ2) is 4.74. The molecule has 1 heterocycles. The lowest BCUT2D eigenvalue weighted by Gasteiger charge is -2.18. The Morgan fingerprint density at radius 2 is 2.10 bits per heavy atom. The van der Waals surface area contributed by atoms with Crippen LogP contribution in [0, 0.1) is 13.8 Å². The van der Waals surface area contributed by atoms with Gasteiger partial charge in [-0.05, 0) is 38.3 Å². The maximum atomic E-state index is 12.4. The standard InChI is InChI=1S/C15H18N4O/c1-9-4-7-12(10(2)8-9)19(3)15(20)14-16-13(17-18-14)11-5-6-11/h4,7-8,11H,5-6H2,1-3H3,(H,16,17,18). The summed E-state index contributed by atoms with van der Waals surface area (Å²) in [6, 6.07) is 6.02. The van der Waals surface area contributed by atoms with E-state index in [1.165, 1.54) is 5.56 Å². The summed E-state index contributed by atoms with van der Waals surface area (Å²) in [5.41, 5.74) is 3.14. The summed E-state index contributed by atoms with van der Waals surface area (Å²) in [5, 5.41) is 6.91. The number of nitrogens with one attached hydrogen (secondary N) is 1. The number of nitrogens with zero attached hydrogens (tertiary/aromatic N) is 3. The van der Waals surface area contributed by atoms with Gasteiger partial charge in [0.25, 0.3) is 5.91 Å². The van der Waals surface area contributed by atoms with E-state index in [-0.39, 0.29) is 11.7 Å². The first-order chi connectivity index (χ1) is 9.56. The SMILES string of the molecule is Cc1ccc(N(C)C(=O)c2n[nH]c(C3CC3)n2)c(C)c1. The molecule has 5 nitrogen and oxygen atoms in total. The van der Waals surface area contributed by atoms with Crippen molar-refractivity contribution >= 4 is 11.6 Å². The molecule has 1 aliphatic carbocycles. The van der Waals surface area contributed by atoms with Gasteiger partial charge in [-0.15, -0.1) is 5.10 Å².